The molecule has 1 saturated carbocycles. The minimum atomic E-state index is -4.70. The third kappa shape index (κ3) is 10.4. The van der Waals surface area contributed by atoms with Gasteiger partial charge in [-0.25, -0.2) is 22.8 Å². The molecule has 2 atom stereocenters. The second-order valence-corrected chi connectivity index (χ2v) is 23.6. The van der Waals surface area contributed by atoms with Crippen LogP contribution in [0.2, 0.25) is 0 Å². The summed E-state index contributed by atoms with van der Waals surface area (Å²) in [6, 6.07) is 17.9. The maximum Gasteiger partial charge on any atom is 0.206 e. The minimum absolute atomic E-state index is 0.0314. The van der Waals surface area contributed by atoms with Crippen LogP contribution in [0.15, 0.2) is 130 Å². The normalized spacial score (nSPS) is 21.7. The highest BCUT2D eigenvalue weighted by molar-refractivity contribution is 7.99. The number of fused-ring (bicyclic) bond motifs is 6. The lowest BCUT2D eigenvalue weighted by molar-refractivity contribution is -0.777. The maximum atomic E-state index is 13.4. The SMILES string of the molecule is C=C(C)N1CC[N+](=C2C(=CC=C3N(CCC([O-])(OO)SC)c4ccc5cc(SOO[O-])ccc5c4C3(C)C)CCC2=C/C=C2/N(CCC([O-])(OO)SC)c3ccc4cc(S(=O)(=O)[O-])ccc4c3C2(C)C)CC1. The molecule has 4 aromatic carbocycles. The van der Waals surface area contributed by atoms with Crippen LogP contribution in [0.1, 0.15) is 71.4 Å². The van der Waals surface area contributed by atoms with Crippen LogP contribution in [-0.2, 0) is 40.1 Å². The second kappa shape index (κ2) is 21.2. The first-order valence-electron chi connectivity index (χ1n) is 23.4. The monoisotopic (exact) mass is 1060 g/mol. The van der Waals surface area contributed by atoms with E-state index in [0.29, 0.717) is 10.3 Å². The van der Waals surface area contributed by atoms with E-state index in [0.717, 1.165) is 147 Å². The molecule has 1 aliphatic carbocycles. The van der Waals surface area contributed by atoms with E-state index >= 15 is 0 Å². The molecule has 3 aliphatic heterocycles. The number of benzene rings is 4. The molecule has 2 N–H and O–H groups in total. The third-order valence-corrected chi connectivity index (χ3v) is 17.8. The van der Waals surface area contributed by atoms with Gasteiger partial charge >= 0.3 is 0 Å². The molecule has 20 heteroatoms. The Kier molecular flexibility index (Phi) is 15.9. The van der Waals surface area contributed by atoms with Crippen molar-refractivity contribution in [1.29, 1.82) is 0 Å². The number of piperazine rings is 1. The van der Waals surface area contributed by atoms with E-state index in [1.165, 1.54) is 12.1 Å². The standard InChI is InChI=1S/C52H61N4O12S4/c1-33(2)53-27-29-54(30-28-53)48-34(13-21-44-49(3,4)46-40-17-15-38(71-68-67-61)31-36(40)11-19-42(46)55(44)25-23-51(57,65-59)69-7)9-10-35(48)14-22-45-50(5,6)47-41-18-16-39(72(62,63)64)32-37(41)12-20-43(47)56(45)26-24-52(58,66-60)70-8/h11-22,31-32,59-61H,1,9-10,23-30H2,2-8H3,(H,62,63,64)/q-1/p-2. The Morgan fingerprint density at radius 2 is 1.26 bits per heavy atom. The molecule has 386 valence electrons. The van der Waals surface area contributed by atoms with Gasteiger partial charge in [-0.1, -0.05) is 70.7 Å². The molecule has 2 unspecified atom stereocenters. The van der Waals surface area contributed by atoms with Crippen molar-refractivity contribution in [2.45, 2.75) is 91.2 Å². The van der Waals surface area contributed by atoms with Gasteiger partial charge in [-0.05, 0) is 126 Å². The Bertz CT molecular complexity index is 3040. The minimum Gasteiger partial charge on any atom is -0.818 e. The summed E-state index contributed by atoms with van der Waals surface area (Å²) in [7, 11) is -4.70. The molecule has 3 heterocycles. The van der Waals surface area contributed by atoms with E-state index in [1.807, 2.05) is 43.3 Å². The Morgan fingerprint density at radius 1 is 0.778 bits per heavy atom. The van der Waals surface area contributed by atoms with Gasteiger partial charge in [-0.2, -0.15) is 4.33 Å². The van der Waals surface area contributed by atoms with E-state index in [-0.39, 0.29) is 30.8 Å². The quantitative estimate of drug-likeness (QED) is 0.0266. The Balaban J connectivity index is 1.25. The van der Waals surface area contributed by atoms with Gasteiger partial charge in [0, 0.05) is 68.4 Å². The molecule has 4 aromatic rings. The molecule has 8 rings (SSSR count). The van der Waals surface area contributed by atoms with Crippen molar-refractivity contribution < 1.29 is 62.7 Å². The summed E-state index contributed by atoms with van der Waals surface area (Å²) in [6.07, 6.45) is 13.2. The lowest BCUT2D eigenvalue weighted by Gasteiger charge is -2.37. The van der Waals surface area contributed by atoms with Gasteiger partial charge in [0.15, 0.2) is 13.1 Å². The number of hydrogen-bond acceptors (Lipinski definition) is 18. The molecule has 72 heavy (non-hydrogen) atoms. The van der Waals surface area contributed by atoms with Crippen LogP contribution in [0.25, 0.3) is 21.5 Å². The summed E-state index contributed by atoms with van der Waals surface area (Å²) in [5, 5.41) is 59.4. The highest BCUT2D eigenvalue weighted by Crippen LogP contribution is 2.53. The van der Waals surface area contributed by atoms with Crippen molar-refractivity contribution in [3.8, 4) is 0 Å². The lowest BCUT2D eigenvalue weighted by atomic mass is 9.81. The van der Waals surface area contributed by atoms with Crippen LogP contribution < -0.4 is 25.3 Å². The molecular formula is C52H59N4O12S4-3. The van der Waals surface area contributed by atoms with Crippen LogP contribution in [0.3, 0.4) is 0 Å². The highest BCUT2D eigenvalue weighted by atomic mass is 32.2. The lowest BCUT2D eigenvalue weighted by Crippen LogP contribution is -2.45. The topological polar surface area (TPSA) is 216 Å². The smallest absolute Gasteiger partial charge is 0.206 e. The van der Waals surface area contributed by atoms with Gasteiger partial charge in [0.1, 0.15) is 10.1 Å². The fourth-order valence-corrected chi connectivity index (χ4v) is 12.5. The van der Waals surface area contributed by atoms with Gasteiger partial charge in [0.05, 0.1) is 40.3 Å². The van der Waals surface area contributed by atoms with Gasteiger partial charge in [0.25, 0.3) is 0 Å². The predicted octanol–water partition coefficient (Wildman–Crippen LogP) is 7.25. The summed E-state index contributed by atoms with van der Waals surface area (Å²) < 4.78 is 43.2. The number of nitrogens with zero attached hydrogens (tertiary/aromatic N) is 4. The maximum absolute atomic E-state index is 13.4. The molecule has 16 nitrogen and oxygen atoms in total. The summed E-state index contributed by atoms with van der Waals surface area (Å²) in [6.45, 7) is 18.2. The van der Waals surface area contributed by atoms with Gasteiger partial charge in [-0.3, -0.25) is 15.6 Å². The Morgan fingerprint density at radius 3 is 1.71 bits per heavy atom. The molecule has 0 spiro atoms. The molecule has 2 fully saturated rings. The summed E-state index contributed by atoms with van der Waals surface area (Å²) in [4.78, 5) is 15.8. The summed E-state index contributed by atoms with van der Waals surface area (Å²) >= 11 is 2.58. The molecule has 0 bridgehead atoms. The van der Waals surface area contributed by atoms with Crippen molar-refractivity contribution in [3.05, 3.63) is 131 Å². The predicted molar refractivity (Wildman–Crippen MR) is 277 cm³/mol. The molecule has 1 saturated heterocycles. The zero-order valence-corrected chi connectivity index (χ0v) is 44.5. The number of rotatable bonds is 17. The fourth-order valence-electron chi connectivity index (χ4n) is 10.9. The van der Waals surface area contributed by atoms with E-state index in [9.17, 15) is 39.0 Å². The number of thioether (sulfide) groups is 2. The zero-order chi connectivity index (χ0) is 52.0. The van der Waals surface area contributed by atoms with Gasteiger partial charge < -0.3 is 34.7 Å². The van der Waals surface area contributed by atoms with E-state index < -0.39 is 31.2 Å². The average molecular weight is 1060 g/mol. The first-order chi connectivity index (χ1) is 34.1. The van der Waals surface area contributed by atoms with E-state index in [1.54, 1.807) is 24.6 Å². The van der Waals surface area contributed by atoms with Crippen LogP contribution >= 0.6 is 35.6 Å². The fraction of sp³-hybridized carbons (Fsp3) is 0.404. The van der Waals surface area contributed by atoms with E-state index in [4.69, 9.17) is 0 Å². The van der Waals surface area contributed by atoms with Crippen LogP contribution in [-0.4, -0.2) is 101 Å². The zero-order valence-electron chi connectivity index (χ0n) is 41.3. The number of anilines is 2. The number of hydrogen-bond donors (Lipinski definition) is 2. The molecular weight excluding hydrogens is 1000 g/mol. The van der Waals surface area contributed by atoms with Crippen LogP contribution in [0, 0.1) is 0 Å². The second-order valence-electron chi connectivity index (χ2n) is 19.4. The Labute approximate surface area is 433 Å². The molecule has 0 radical (unpaired) electrons. The number of allylic oxidation sites excluding steroid dienone is 9. The first-order valence-corrected chi connectivity index (χ1v) is 28.0. The average Bonchev–Trinajstić information content (AvgIpc) is 3.95. The molecule has 4 aliphatic rings. The third-order valence-electron chi connectivity index (χ3n) is 14.6. The van der Waals surface area contributed by atoms with Gasteiger partial charge in [-0.15, -0.1) is 23.5 Å². The van der Waals surface area contributed by atoms with Crippen molar-refractivity contribution in [1.82, 2.24) is 4.90 Å². The molecule has 0 amide bonds. The summed E-state index contributed by atoms with van der Waals surface area (Å²) in [5.74, 6) is 0. The highest BCUT2D eigenvalue weighted by Gasteiger charge is 2.44. The van der Waals surface area contributed by atoms with Crippen LogP contribution in [0.5, 0.6) is 0 Å². The Hall–Kier alpha value is -4.23. The summed E-state index contributed by atoms with van der Waals surface area (Å²) in [5.41, 5.74) is 8.63. The van der Waals surface area contributed by atoms with Crippen molar-refractivity contribution >= 4 is 84.3 Å². The van der Waals surface area contributed by atoms with E-state index in [2.05, 4.69) is 97.0 Å². The first kappa shape index (κ1) is 54.0. The molecule has 0 aromatic heterocycles. The largest absolute Gasteiger partial charge is 0.818 e. The van der Waals surface area contributed by atoms with Crippen LogP contribution in [0.4, 0.5) is 11.4 Å². The van der Waals surface area contributed by atoms with Crippen molar-refractivity contribution in [2.75, 3.05) is 61.6 Å². The van der Waals surface area contributed by atoms with Crippen molar-refractivity contribution in [3.63, 3.8) is 0 Å². The van der Waals surface area contributed by atoms with Gasteiger partial charge in [0.2, 0.25) is 5.71 Å². The van der Waals surface area contributed by atoms with Crippen molar-refractivity contribution in [2.24, 2.45) is 0 Å².